The number of methoxy groups -OCH3 is 1. The number of para-hydroxylation sites is 1. The average Bonchev–Trinajstić information content (AvgIpc) is 2.72. The third kappa shape index (κ3) is 1.61. The molecule has 0 radical (unpaired) electrons. The third-order valence-corrected chi connectivity index (χ3v) is 4.13. The van der Waals surface area contributed by atoms with E-state index in [0.29, 0.717) is 12.0 Å². The smallest absolute Gasteiger partial charge is 0.122 e. The van der Waals surface area contributed by atoms with E-state index >= 15 is 0 Å². The van der Waals surface area contributed by atoms with Crippen LogP contribution in [0.25, 0.3) is 0 Å². The largest absolute Gasteiger partial charge is 0.496 e. The highest BCUT2D eigenvalue weighted by molar-refractivity contribution is 5.37. The molecular formula is C14H19NO. The Labute approximate surface area is 97.0 Å². The Hall–Kier alpha value is -1.02. The normalized spacial score (nSPS) is 32.7. The summed E-state index contributed by atoms with van der Waals surface area (Å²) < 4.78 is 5.48. The van der Waals surface area contributed by atoms with Gasteiger partial charge in [-0.1, -0.05) is 18.2 Å². The third-order valence-electron chi connectivity index (χ3n) is 4.13. The number of fused-ring (bicyclic) bond motifs is 2. The molecule has 2 heteroatoms. The summed E-state index contributed by atoms with van der Waals surface area (Å²) in [5.74, 6) is 1.70. The maximum Gasteiger partial charge on any atom is 0.122 e. The standard InChI is InChI=1S/C14H19NO/c1-16-14-5-3-2-4-12(14)11-8-6-10-7-9-13(11)15-10/h2-5,10-11,13,15H,6-9H2,1H3. The van der Waals surface area contributed by atoms with E-state index in [0.717, 1.165) is 11.8 Å². The average molecular weight is 217 g/mol. The van der Waals surface area contributed by atoms with Crippen molar-refractivity contribution in [2.45, 2.75) is 43.7 Å². The Morgan fingerprint density at radius 2 is 1.94 bits per heavy atom. The molecule has 1 aromatic carbocycles. The number of rotatable bonds is 2. The molecule has 16 heavy (non-hydrogen) atoms. The number of benzene rings is 1. The van der Waals surface area contributed by atoms with Gasteiger partial charge >= 0.3 is 0 Å². The van der Waals surface area contributed by atoms with Crippen molar-refractivity contribution < 1.29 is 4.74 Å². The highest BCUT2D eigenvalue weighted by atomic mass is 16.5. The van der Waals surface area contributed by atoms with E-state index in [4.69, 9.17) is 4.74 Å². The van der Waals surface area contributed by atoms with Gasteiger partial charge in [0.15, 0.2) is 0 Å². The topological polar surface area (TPSA) is 21.3 Å². The fourth-order valence-corrected chi connectivity index (χ4v) is 3.32. The Bertz CT molecular complexity index is 377. The summed E-state index contributed by atoms with van der Waals surface area (Å²) in [6.45, 7) is 0. The van der Waals surface area contributed by atoms with Crippen molar-refractivity contribution in [2.75, 3.05) is 7.11 Å². The van der Waals surface area contributed by atoms with Crippen LogP contribution >= 0.6 is 0 Å². The molecule has 2 heterocycles. The van der Waals surface area contributed by atoms with E-state index in [9.17, 15) is 0 Å². The van der Waals surface area contributed by atoms with Gasteiger partial charge in [-0.3, -0.25) is 0 Å². The van der Waals surface area contributed by atoms with E-state index in [1.54, 1.807) is 7.11 Å². The van der Waals surface area contributed by atoms with Gasteiger partial charge in [-0.15, -0.1) is 0 Å². The second kappa shape index (κ2) is 4.10. The van der Waals surface area contributed by atoms with Crippen LogP contribution in [0.2, 0.25) is 0 Å². The summed E-state index contributed by atoms with van der Waals surface area (Å²) in [6, 6.07) is 9.95. The molecule has 0 amide bonds. The molecule has 2 saturated heterocycles. The van der Waals surface area contributed by atoms with Gasteiger partial charge in [0.2, 0.25) is 0 Å². The molecule has 2 fully saturated rings. The molecule has 2 nitrogen and oxygen atoms in total. The van der Waals surface area contributed by atoms with E-state index < -0.39 is 0 Å². The predicted molar refractivity (Wildman–Crippen MR) is 64.9 cm³/mol. The van der Waals surface area contributed by atoms with Gasteiger partial charge in [0, 0.05) is 18.0 Å². The summed E-state index contributed by atoms with van der Waals surface area (Å²) in [5.41, 5.74) is 1.39. The Morgan fingerprint density at radius 1 is 1.12 bits per heavy atom. The molecule has 3 rings (SSSR count). The minimum atomic E-state index is 0.648. The summed E-state index contributed by atoms with van der Waals surface area (Å²) in [7, 11) is 1.77. The van der Waals surface area contributed by atoms with E-state index in [1.165, 1.54) is 31.2 Å². The Morgan fingerprint density at radius 3 is 2.81 bits per heavy atom. The van der Waals surface area contributed by atoms with Gasteiger partial charge < -0.3 is 10.1 Å². The van der Waals surface area contributed by atoms with Crippen LogP contribution in [0.1, 0.15) is 37.2 Å². The van der Waals surface area contributed by atoms with Crippen LogP contribution in [0.3, 0.4) is 0 Å². The van der Waals surface area contributed by atoms with Crippen LogP contribution in [0.4, 0.5) is 0 Å². The van der Waals surface area contributed by atoms with Crippen molar-refractivity contribution in [3.05, 3.63) is 29.8 Å². The first kappa shape index (κ1) is 10.2. The zero-order valence-electron chi connectivity index (χ0n) is 9.78. The van der Waals surface area contributed by atoms with Crippen LogP contribution < -0.4 is 10.1 Å². The van der Waals surface area contributed by atoms with E-state index in [2.05, 4.69) is 29.6 Å². The van der Waals surface area contributed by atoms with Crippen molar-refractivity contribution in [3.8, 4) is 5.75 Å². The summed E-state index contributed by atoms with van der Waals surface area (Å²) >= 11 is 0. The van der Waals surface area contributed by atoms with Crippen LogP contribution in [-0.2, 0) is 0 Å². The number of hydrogen-bond acceptors (Lipinski definition) is 2. The van der Waals surface area contributed by atoms with Crippen molar-refractivity contribution in [3.63, 3.8) is 0 Å². The first-order valence-corrected chi connectivity index (χ1v) is 6.27. The number of hydrogen-bond donors (Lipinski definition) is 1. The molecule has 2 bridgehead atoms. The number of nitrogens with one attached hydrogen (secondary N) is 1. The molecule has 1 aromatic rings. The predicted octanol–water partition coefficient (Wildman–Crippen LogP) is 2.69. The first-order valence-electron chi connectivity index (χ1n) is 6.27. The SMILES string of the molecule is COc1ccccc1C1CCC2CCC1N2. The first-order chi connectivity index (χ1) is 7.88. The minimum absolute atomic E-state index is 0.648. The van der Waals surface area contributed by atoms with Crippen molar-refractivity contribution in [1.82, 2.24) is 5.32 Å². The molecule has 0 aromatic heterocycles. The maximum absolute atomic E-state index is 5.48. The second-order valence-corrected chi connectivity index (χ2v) is 4.97. The van der Waals surface area contributed by atoms with Crippen molar-refractivity contribution in [2.24, 2.45) is 0 Å². The summed E-state index contributed by atoms with van der Waals surface area (Å²) in [5, 5.41) is 3.73. The van der Waals surface area contributed by atoms with Gasteiger partial charge in [-0.05, 0) is 37.3 Å². The van der Waals surface area contributed by atoms with Gasteiger partial charge in [0.1, 0.15) is 5.75 Å². The van der Waals surface area contributed by atoms with Gasteiger partial charge in [-0.25, -0.2) is 0 Å². The molecule has 0 aliphatic carbocycles. The molecule has 3 atom stereocenters. The number of piperidine rings is 1. The van der Waals surface area contributed by atoms with Crippen LogP contribution in [0, 0.1) is 0 Å². The summed E-state index contributed by atoms with van der Waals surface area (Å²) in [6.07, 6.45) is 5.31. The van der Waals surface area contributed by atoms with Crippen LogP contribution in [0.15, 0.2) is 24.3 Å². The van der Waals surface area contributed by atoms with Crippen molar-refractivity contribution >= 4 is 0 Å². The van der Waals surface area contributed by atoms with Gasteiger partial charge in [-0.2, -0.15) is 0 Å². The Balaban J connectivity index is 1.90. The van der Waals surface area contributed by atoms with Gasteiger partial charge in [0.05, 0.1) is 7.11 Å². The lowest BCUT2D eigenvalue weighted by molar-refractivity contribution is 0.343. The highest BCUT2D eigenvalue weighted by Gasteiger charge is 2.36. The number of ether oxygens (including phenoxy) is 1. The second-order valence-electron chi connectivity index (χ2n) is 4.97. The molecular weight excluding hydrogens is 198 g/mol. The van der Waals surface area contributed by atoms with Crippen LogP contribution in [-0.4, -0.2) is 19.2 Å². The fraction of sp³-hybridized carbons (Fsp3) is 0.571. The molecule has 2 aliphatic rings. The fourth-order valence-electron chi connectivity index (χ4n) is 3.32. The molecule has 0 spiro atoms. The lowest BCUT2D eigenvalue weighted by atomic mass is 9.85. The molecule has 0 saturated carbocycles. The van der Waals surface area contributed by atoms with E-state index in [1.807, 2.05) is 0 Å². The van der Waals surface area contributed by atoms with E-state index in [-0.39, 0.29) is 0 Å². The maximum atomic E-state index is 5.48. The monoisotopic (exact) mass is 217 g/mol. The highest BCUT2D eigenvalue weighted by Crippen LogP contribution is 2.40. The molecule has 86 valence electrons. The zero-order chi connectivity index (χ0) is 11.0. The molecule has 2 aliphatic heterocycles. The lowest BCUT2D eigenvalue weighted by Gasteiger charge is -2.31. The molecule has 3 unspecified atom stereocenters. The minimum Gasteiger partial charge on any atom is -0.496 e. The zero-order valence-corrected chi connectivity index (χ0v) is 9.78. The summed E-state index contributed by atoms with van der Waals surface area (Å²) in [4.78, 5) is 0. The quantitative estimate of drug-likeness (QED) is 0.822. The lowest BCUT2D eigenvalue weighted by Crippen LogP contribution is -2.39. The molecule has 1 N–H and O–H groups in total. The van der Waals surface area contributed by atoms with Crippen LogP contribution in [0.5, 0.6) is 5.75 Å². The van der Waals surface area contributed by atoms with Crippen molar-refractivity contribution in [1.29, 1.82) is 0 Å². The van der Waals surface area contributed by atoms with Gasteiger partial charge in [0.25, 0.3) is 0 Å². The Kier molecular flexibility index (Phi) is 2.60.